The quantitative estimate of drug-likeness (QED) is 0.635. The maximum absolute atomic E-state index is 5.98. The van der Waals surface area contributed by atoms with Gasteiger partial charge in [-0.1, -0.05) is 36.4 Å². The van der Waals surface area contributed by atoms with E-state index >= 15 is 0 Å². The Morgan fingerprint density at radius 2 is 1.75 bits per heavy atom. The van der Waals surface area contributed by atoms with Crippen molar-refractivity contribution >= 4 is 21.8 Å². The monoisotopic (exact) mass is 210 g/mol. The number of hydrogen-bond donors (Lipinski definition) is 2. The Kier molecular flexibility index (Phi) is 1.98. The van der Waals surface area contributed by atoms with Gasteiger partial charge in [0.2, 0.25) is 0 Å². The van der Waals surface area contributed by atoms with E-state index < -0.39 is 0 Å². The summed E-state index contributed by atoms with van der Waals surface area (Å²) in [5, 5.41) is 2.52. The number of benzene rings is 2. The van der Waals surface area contributed by atoms with Crippen molar-refractivity contribution in [2.24, 2.45) is 5.73 Å². The Bertz CT molecular complexity index is 650. The van der Waals surface area contributed by atoms with Crippen LogP contribution in [0, 0.1) is 0 Å². The normalized spacial score (nSPS) is 13.4. The van der Waals surface area contributed by atoms with Crippen LogP contribution in [0.3, 0.4) is 0 Å². The van der Waals surface area contributed by atoms with Crippen molar-refractivity contribution in [1.29, 1.82) is 0 Å². The van der Waals surface area contributed by atoms with E-state index in [9.17, 15) is 0 Å². The van der Waals surface area contributed by atoms with Crippen molar-refractivity contribution in [3.63, 3.8) is 0 Å². The Morgan fingerprint density at radius 3 is 2.56 bits per heavy atom. The van der Waals surface area contributed by atoms with Gasteiger partial charge < -0.3 is 10.7 Å². The first-order valence-electron chi connectivity index (χ1n) is 5.52. The van der Waals surface area contributed by atoms with E-state index in [2.05, 4.69) is 41.4 Å². The lowest BCUT2D eigenvalue weighted by Crippen LogP contribution is -2.05. The smallest absolute Gasteiger partial charge is 0.0513 e. The van der Waals surface area contributed by atoms with Crippen molar-refractivity contribution in [3.8, 4) is 0 Å². The Balaban J connectivity index is 2.49. The molecule has 16 heavy (non-hydrogen) atoms. The molecule has 0 aliphatic heterocycles. The molecule has 1 aromatic heterocycles. The molecule has 0 saturated carbocycles. The number of aromatic amines is 1. The van der Waals surface area contributed by atoms with Gasteiger partial charge in [-0.25, -0.2) is 0 Å². The van der Waals surface area contributed by atoms with Gasteiger partial charge in [0.25, 0.3) is 0 Å². The highest BCUT2D eigenvalue weighted by molar-refractivity contribution is 6.08. The van der Waals surface area contributed by atoms with Crippen LogP contribution in [-0.4, -0.2) is 4.98 Å². The second kappa shape index (κ2) is 3.35. The molecule has 0 bridgehead atoms. The number of H-pyrrole nitrogens is 1. The molecular formula is C14H14N2. The van der Waals surface area contributed by atoms with Gasteiger partial charge in [0.1, 0.15) is 0 Å². The van der Waals surface area contributed by atoms with Crippen LogP contribution < -0.4 is 5.73 Å². The summed E-state index contributed by atoms with van der Waals surface area (Å²) in [6.45, 7) is 2.01. The number of aromatic nitrogens is 1. The SMILES string of the molecule is C[C@@H](N)c1cccc2c1[nH]c1ccccc12. The highest BCUT2D eigenvalue weighted by Crippen LogP contribution is 2.29. The van der Waals surface area contributed by atoms with E-state index in [1.54, 1.807) is 0 Å². The van der Waals surface area contributed by atoms with E-state index in [0.29, 0.717) is 0 Å². The minimum Gasteiger partial charge on any atom is -0.354 e. The standard InChI is InChI=1S/C14H14N2/c1-9(15)10-6-4-7-12-11-5-2-3-8-13(11)16-14(10)12/h2-9,16H,15H2,1H3/t9-/m1/s1. The molecule has 0 fully saturated rings. The third-order valence-electron chi connectivity index (χ3n) is 3.06. The first-order chi connectivity index (χ1) is 7.77. The molecule has 0 unspecified atom stereocenters. The summed E-state index contributed by atoms with van der Waals surface area (Å²) < 4.78 is 0. The molecule has 1 atom stereocenters. The van der Waals surface area contributed by atoms with Crippen molar-refractivity contribution in [3.05, 3.63) is 48.0 Å². The summed E-state index contributed by atoms with van der Waals surface area (Å²) in [4.78, 5) is 3.45. The Morgan fingerprint density at radius 1 is 1.00 bits per heavy atom. The molecule has 3 aromatic rings. The average molecular weight is 210 g/mol. The zero-order valence-corrected chi connectivity index (χ0v) is 9.20. The fourth-order valence-electron chi connectivity index (χ4n) is 2.28. The zero-order chi connectivity index (χ0) is 11.1. The van der Waals surface area contributed by atoms with E-state index in [1.165, 1.54) is 27.4 Å². The number of nitrogens with two attached hydrogens (primary N) is 1. The van der Waals surface area contributed by atoms with Crippen molar-refractivity contribution in [2.45, 2.75) is 13.0 Å². The molecule has 3 rings (SSSR count). The van der Waals surface area contributed by atoms with Gasteiger partial charge in [-0.3, -0.25) is 0 Å². The fourth-order valence-corrected chi connectivity index (χ4v) is 2.28. The van der Waals surface area contributed by atoms with Gasteiger partial charge in [-0.05, 0) is 18.6 Å². The van der Waals surface area contributed by atoms with Crippen LogP contribution in [0.2, 0.25) is 0 Å². The topological polar surface area (TPSA) is 41.8 Å². The van der Waals surface area contributed by atoms with Crippen LogP contribution in [-0.2, 0) is 0 Å². The van der Waals surface area contributed by atoms with E-state index in [4.69, 9.17) is 5.73 Å². The van der Waals surface area contributed by atoms with E-state index in [0.717, 1.165) is 0 Å². The van der Waals surface area contributed by atoms with Crippen molar-refractivity contribution in [1.82, 2.24) is 4.98 Å². The lowest BCUT2D eigenvalue weighted by atomic mass is 10.0. The molecule has 80 valence electrons. The van der Waals surface area contributed by atoms with Gasteiger partial charge in [0.15, 0.2) is 0 Å². The number of para-hydroxylation sites is 2. The molecular weight excluding hydrogens is 196 g/mol. The third-order valence-corrected chi connectivity index (χ3v) is 3.06. The zero-order valence-electron chi connectivity index (χ0n) is 9.20. The number of fused-ring (bicyclic) bond motifs is 3. The molecule has 0 saturated heterocycles. The van der Waals surface area contributed by atoms with Gasteiger partial charge in [0.05, 0.1) is 5.52 Å². The van der Waals surface area contributed by atoms with Crippen LogP contribution in [0.5, 0.6) is 0 Å². The van der Waals surface area contributed by atoms with Gasteiger partial charge in [-0.15, -0.1) is 0 Å². The molecule has 2 nitrogen and oxygen atoms in total. The van der Waals surface area contributed by atoms with Crippen LogP contribution in [0.15, 0.2) is 42.5 Å². The molecule has 0 radical (unpaired) electrons. The number of nitrogens with one attached hydrogen (secondary N) is 1. The summed E-state index contributed by atoms with van der Waals surface area (Å²) >= 11 is 0. The summed E-state index contributed by atoms with van der Waals surface area (Å²) in [6.07, 6.45) is 0. The van der Waals surface area contributed by atoms with Gasteiger partial charge in [0, 0.05) is 22.3 Å². The second-order valence-corrected chi connectivity index (χ2v) is 4.23. The van der Waals surface area contributed by atoms with Crippen molar-refractivity contribution < 1.29 is 0 Å². The summed E-state index contributed by atoms with van der Waals surface area (Å²) in [5.41, 5.74) is 9.49. The van der Waals surface area contributed by atoms with Crippen LogP contribution in [0.25, 0.3) is 21.8 Å². The summed E-state index contributed by atoms with van der Waals surface area (Å²) in [6, 6.07) is 14.7. The van der Waals surface area contributed by atoms with E-state index in [1.807, 2.05) is 13.0 Å². The molecule has 3 N–H and O–H groups in total. The predicted molar refractivity (Wildman–Crippen MR) is 68.4 cm³/mol. The first-order valence-corrected chi connectivity index (χ1v) is 5.52. The number of hydrogen-bond acceptors (Lipinski definition) is 1. The maximum atomic E-state index is 5.98. The van der Waals surface area contributed by atoms with E-state index in [-0.39, 0.29) is 6.04 Å². The predicted octanol–water partition coefficient (Wildman–Crippen LogP) is 3.34. The molecule has 0 aliphatic carbocycles. The van der Waals surface area contributed by atoms with Crippen LogP contribution >= 0.6 is 0 Å². The molecule has 2 aromatic carbocycles. The molecule has 0 spiro atoms. The molecule has 0 amide bonds. The highest BCUT2D eigenvalue weighted by Gasteiger charge is 2.09. The minimum atomic E-state index is 0.0526. The Labute approximate surface area is 94.1 Å². The largest absolute Gasteiger partial charge is 0.354 e. The third kappa shape index (κ3) is 1.24. The maximum Gasteiger partial charge on any atom is 0.0513 e. The van der Waals surface area contributed by atoms with Gasteiger partial charge >= 0.3 is 0 Å². The van der Waals surface area contributed by atoms with Gasteiger partial charge in [-0.2, -0.15) is 0 Å². The molecule has 0 aliphatic rings. The lowest BCUT2D eigenvalue weighted by Gasteiger charge is -2.06. The number of rotatable bonds is 1. The fraction of sp³-hybridized carbons (Fsp3) is 0.143. The second-order valence-electron chi connectivity index (χ2n) is 4.23. The Hall–Kier alpha value is -1.80. The lowest BCUT2D eigenvalue weighted by molar-refractivity contribution is 0.825. The van der Waals surface area contributed by atoms with Crippen LogP contribution in [0.1, 0.15) is 18.5 Å². The summed E-state index contributed by atoms with van der Waals surface area (Å²) in [7, 11) is 0. The highest BCUT2D eigenvalue weighted by atomic mass is 14.7. The summed E-state index contributed by atoms with van der Waals surface area (Å²) in [5.74, 6) is 0. The molecule has 1 heterocycles. The minimum absolute atomic E-state index is 0.0526. The first kappa shape index (κ1) is 9.43. The average Bonchev–Trinajstić information content (AvgIpc) is 2.67. The molecule has 2 heteroatoms. The van der Waals surface area contributed by atoms with Crippen LogP contribution in [0.4, 0.5) is 0 Å². The van der Waals surface area contributed by atoms with Crippen molar-refractivity contribution in [2.75, 3.05) is 0 Å².